The maximum absolute atomic E-state index is 12.1. The van der Waals surface area contributed by atoms with Crippen molar-refractivity contribution in [1.29, 1.82) is 0 Å². The van der Waals surface area contributed by atoms with E-state index in [1.807, 2.05) is 20.1 Å². The van der Waals surface area contributed by atoms with Gasteiger partial charge < -0.3 is 10.5 Å². The number of ether oxygens (including phenoxy) is 1. The van der Waals surface area contributed by atoms with E-state index in [0.717, 1.165) is 0 Å². The van der Waals surface area contributed by atoms with Gasteiger partial charge in [-0.15, -0.1) is 0 Å². The highest BCUT2D eigenvalue weighted by molar-refractivity contribution is 8.00. The molecule has 1 aromatic carbocycles. The lowest BCUT2D eigenvalue weighted by molar-refractivity contribution is 0.328. The Kier molecular flexibility index (Phi) is 6.32. The fourth-order valence-electron chi connectivity index (χ4n) is 1.32. The molecule has 0 fully saturated rings. The predicted octanol–water partition coefficient (Wildman–Crippen LogP) is 1.44. The van der Waals surface area contributed by atoms with Gasteiger partial charge in [0.15, 0.2) is 0 Å². The molecule has 0 saturated carbocycles. The van der Waals surface area contributed by atoms with E-state index in [1.54, 1.807) is 23.9 Å². The third-order valence-corrected chi connectivity index (χ3v) is 5.43. The Morgan fingerprint density at radius 2 is 1.90 bits per heavy atom. The number of nitrogens with one attached hydrogen (secondary N) is 1. The van der Waals surface area contributed by atoms with Gasteiger partial charge in [-0.3, -0.25) is 0 Å². The summed E-state index contributed by atoms with van der Waals surface area (Å²) >= 11 is 1.62. The topological polar surface area (TPSA) is 81.4 Å². The molecule has 7 heteroatoms. The van der Waals surface area contributed by atoms with Crippen molar-refractivity contribution < 1.29 is 13.2 Å². The fraction of sp³-hybridized carbons (Fsp3) is 0.538. The summed E-state index contributed by atoms with van der Waals surface area (Å²) < 4.78 is 32.1. The summed E-state index contributed by atoms with van der Waals surface area (Å²) in [4.78, 5) is 0.231. The van der Waals surface area contributed by atoms with Gasteiger partial charge in [0.25, 0.3) is 0 Å². The highest BCUT2D eigenvalue weighted by Crippen LogP contribution is 2.21. The van der Waals surface area contributed by atoms with Crippen LogP contribution in [0.1, 0.15) is 13.8 Å². The molecule has 114 valence electrons. The van der Waals surface area contributed by atoms with Crippen molar-refractivity contribution in [2.75, 3.05) is 26.0 Å². The molecule has 0 aromatic heterocycles. The number of sulfonamides is 1. The molecule has 0 saturated heterocycles. The van der Waals surface area contributed by atoms with E-state index in [2.05, 4.69) is 4.72 Å². The Hall–Kier alpha value is -0.760. The first-order chi connectivity index (χ1) is 9.30. The number of thioether (sulfide) groups is 1. The second kappa shape index (κ2) is 7.31. The first-order valence-corrected chi connectivity index (χ1v) is 8.99. The Morgan fingerprint density at radius 1 is 1.30 bits per heavy atom. The molecule has 0 heterocycles. The molecular formula is C13H22N2O3S2. The average molecular weight is 318 g/mol. The largest absolute Gasteiger partial charge is 0.492 e. The minimum atomic E-state index is -3.48. The summed E-state index contributed by atoms with van der Waals surface area (Å²) in [6, 6.07) is 6.31. The predicted molar refractivity (Wildman–Crippen MR) is 83.8 cm³/mol. The van der Waals surface area contributed by atoms with Gasteiger partial charge in [-0.05, 0) is 44.4 Å². The molecule has 1 rings (SSSR count). The van der Waals surface area contributed by atoms with Crippen LogP contribution in [-0.2, 0) is 10.0 Å². The number of nitrogens with two attached hydrogens (primary N) is 1. The van der Waals surface area contributed by atoms with E-state index in [-0.39, 0.29) is 9.64 Å². The van der Waals surface area contributed by atoms with Crippen LogP contribution in [0.3, 0.4) is 0 Å². The molecule has 1 aromatic rings. The van der Waals surface area contributed by atoms with Gasteiger partial charge in [0.1, 0.15) is 12.4 Å². The first-order valence-electron chi connectivity index (χ1n) is 6.28. The van der Waals surface area contributed by atoms with Crippen LogP contribution in [0.5, 0.6) is 5.75 Å². The van der Waals surface area contributed by atoms with Crippen LogP contribution in [0.2, 0.25) is 0 Å². The van der Waals surface area contributed by atoms with Crippen molar-refractivity contribution in [2.24, 2.45) is 5.73 Å². The molecule has 0 aliphatic carbocycles. The summed E-state index contributed by atoms with van der Waals surface area (Å²) in [7, 11) is -3.48. The lowest BCUT2D eigenvalue weighted by Gasteiger charge is -2.22. The van der Waals surface area contributed by atoms with Crippen molar-refractivity contribution in [3.63, 3.8) is 0 Å². The van der Waals surface area contributed by atoms with Crippen molar-refractivity contribution in [2.45, 2.75) is 23.5 Å². The van der Waals surface area contributed by atoms with Crippen molar-refractivity contribution in [1.82, 2.24) is 4.72 Å². The van der Waals surface area contributed by atoms with Crippen LogP contribution >= 0.6 is 11.8 Å². The second-order valence-electron chi connectivity index (χ2n) is 4.90. The normalized spacial score (nSPS) is 12.4. The zero-order chi connectivity index (χ0) is 15.2. The van der Waals surface area contributed by atoms with E-state index in [4.69, 9.17) is 10.5 Å². The van der Waals surface area contributed by atoms with E-state index in [0.29, 0.717) is 25.4 Å². The zero-order valence-corrected chi connectivity index (χ0v) is 13.7. The van der Waals surface area contributed by atoms with Gasteiger partial charge in [0.2, 0.25) is 10.0 Å². The monoisotopic (exact) mass is 318 g/mol. The van der Waals surface area contributed by atoms with Crippen molar-refractivity contribution in [3.8, 4) is 5.75 Å². The molecule has 3 N–H and O–H groups in total. The number of hydrogen-bond donors (Lipinski definition) is 2. The van der Waals surface area contributed by atoms with E-state index in [1.165, 1.54) is 12.1 Å². The molecule has 0 unspecified atom stereocenters. The molecule has 5 nitrogen and oxygen atoms in total. The molecule has 0 aliphatic heterocycles. The molecule has 0 radical (unpaired) electrons. The maximum atomic E-state index is 12.1. The van der Waals surface area contributed by atoms with Crippen molar-refractivity contribution in [3.05, 3.63) is 24.3 Å². The first kappa shape index (κ1) is 17.3. The minimum absolute atomic E-state index is 0.142. The van der Waals surface area contributed by atoms with Crippen LogP contribution in [0.4, 0.5) is 0 Å². The molecule has 0 bridgehead atoms. The highest BCUT2D eigenvalue weighted by Gasteiger charge is 2.21. The SMILES string of the molecule is CSC(C)(C)CNS(=O)(=O)c1ccc(OCCN)cc1. The third-order valence-electron chi connectivity index (χ3n) is 2.76. The zero-order valence-electron chi connectivity index (χ0n) is 12.0. The molecule has 0 aliphatic rings. The summed E-state index contributed by atoms with van der Waals surface area (Å²) in [5.74, 6) is 0.610. The Labute approximate surface area is 125 Å². The van der Waals surface area contributed by atoms with Crippen LogP contribution in [-0.4, -0.2) is 39.1 Å². The summed E-state index contributed by atoms with van der Waals surface area (Å²) in [6.45, 7) is 5.19. The number of benzene rings is 1. The van der Waals surface area contributed by atoms with Gasteiger partial charge in [-0.25, -0.2) is 13.1 Å². The van der Waals surface area contributed by atoms with E-state index >= 15 is 0 Å². The lowest BCUT2D eigenvalue weighted by atomic mass is 10.2. The standard InChI is InChI=1S/C13H22N2O3S2/c1-13(2,19-3)10-15-20(16,17)12-6-4-11(5-7-12)18-9-8-14/h4-7,15H,8-10,14H2,1-3H3. The van der Waals surface area contributed by atoms with Gasteiger partial charge in [0, 0.05) is 17.8 Å². The average Bonchev–Trinajstić information content (AvgIpc) is 2.44. The lowest BCUT2D eigenvalue weighted by Crippen LogP contribution is -2.36. The van der Waals surface area contributed by atoms with Gasteiger partial charge >= 0.3 is 0 Å². The number of rotatable bonds is 8. The minimum Gasteiger partial charge on any atom is -0.492 e. The van der Waals surface area contributed by atoms with Crippen LogP contribution in [0.25, 0.3) is 0 Å². The maximum Gasteiger partial charge on any atom is 0.240 e. The number of hydrogen-bond acceptors (Lipinski definition) is 5. The van der Waals surface area contributed by atoms with Crippen LogP contribution < -0.4 is 15.2 Å². The summed E-state index contributed by atoms with van der Waals surface area (Å²) in [5, 5.41) is 0. The Balaban J connectivity index is 2.73. The Morgan fingerprint density at radius 3 is 2.40 bits per heavy atom. The quantitative estimate of drug-likeness (QED) is 0.758. The molecule has 0 spiro atoms. The van der Waals surface area contributed by atoms with Crippen LogP contribution in [0.15, 0.2) is 29.2 Å². The van der Waals surface area contributed by atoms with Crippen molar-refractivity contribution >= 4 is 21.8 Å². The molecular weight excluding hydrogens is 296 g/mol. The third kappa shape index (κ3) is 5.32. The summed E-state index contributed by atoms with van der Waals surface area (Å²) in [6.07, 6.45) is 1.96. The fourth-order valence-corrected chi connectivity index (χ4v) is 2.84. The molecule has 0 amide bonds. The van der Waals surface area contributed by atoms with Gasteiger partial charge in [0.05, 0.1) is 4.90 Å². The van der Waals surface area contributed by atoms with Crippen LogP contribution in [0, 0.1) is 0 Å². The van der Waals surface area contributed by atoms with Gasteiger partial charge in [-0.1, -0.05) is 0 Å². The molecule has 20 heavy (non-hydrogen) atoms. The highest BCUT2D eigenvalue weighted by atomic mass is 32.2. The second-order valence-corrected chi connectivity index (χ2v) is 8.18. The summed E-state index contributed by atoms with van der Waals surface area (Å²) in [5.41, 5.74) is 5.34. The van der Waals surface area contributed by atoms with E-state index in [9.17, 15) is 8.42 Å². The smallest absolute Gasteiger partial charge is 0.240 e. The Bertz CT molecular complexity index is 513. The van der Waals surface area contributed by atoms with Gasteiger partial charge in [-0.2, -0.15) is 11.8 Å². The van der Waals surface area contributed by atoms with E-state index < -0.39 is 10.0 Å². The molecule has 0 atom stereocenters.